The summed E-state index contributed by atoms with van der Waals surface area (Å²) < 4.78 is 40.3. The van der Waals surface area contributed by atoms with Crippen molar-refractivity contribution in [3.8, 4) is 0 Å². The van der Waals surface area contributed by atoms with Gasteiger partial charge in [-0.3, -0.25) is 9.78 Å². The molecule has 150 valence electrons. The van der Waals surface area contributed by atoms with Gasteiger partial charge < -0.3 is 5.32 Å². The number of pyridine rings is 1. The molecule has 2 aromatic carbocycles. The molecular weight excluding hydrogens is 417 g/mol. The molecule has 3 aromatic rings. The van der Waals surface area contributed by atoms with Crippen molar-refractivity contribution in [1.82, 2.24) is 9.29 Å². The minimum Gasteiger partial charge on any atom is -0.323 e. The number of carbonyl (C=O) groups is 1. The number of amides is 1. The number of aromatic nitrogens is 1. The van der Waals surface area contributed by atoms with E-state index in [1.807, 2.05) is 6.07 Å². The van der Waals surface area contributed by atoms with Crippen LogP contribution in [-0.4, -0.2) is 36.2 Å². The minimum absolute atomic E-state index is 0.0477. The molecule has 1 fully saturated rings. The number of halogens is 2. The third-order valence-corrected chi connectivity index (χ3v) is 6.99. The Bertz CT molecular complexity index is 1190. The molecule has 0 unspecified atom stereocenters. The summed E-state index contributed by atoms with van der Waals surface area (Å²) in [5, 5.41) is 3.97. The van der Waals surface area contributed by atoms with E-state index in [0.717, 1.165) is 21.8 Å². The van der Waals surface area contributed by atoms with Crippen molar-refractivity contribution < 1.29 is 17.6 Å². The Morgan fingerprint density at radius 2 is 1.97 bits per heavy atom. The lowest BCUT2D eigenvalue weighted by molar-refractivity contribution is -0.119. The zero-order chi connectivity index (χ0) is 20.6. The summed E-state index contributed by atoms with van der Waals surface area (Å²) >= 11 is 6.15. The van der Waals surface area contributed by atoms with Crippen LogP contribution in [0.25, 0.3) is 10.9 Å². The first kappa shape index (κ1) is 19.8. The van der Waals surface area contributed by atoms with Crippen LogP contribution < -0.4 is 5.32 Å². The molecule has 0 saturated carbocycles. The summed E-state index contributed by atoms with van der Waals surface area (Å²) in [7, 11) is -3.93. The molecule has 1 aliphatic heterocycles. The van der Waals surface area contributed by atoms with Crippen LogP contribution in [0.3, 0.4) is 0 Å². The average Bonchev–Trinajstić information content (AvgIpc) is 3.19. The van der Waals surface area contributed by atoms with E-state index in [1.165, 1.54) is 12.1 Å². The number of benzene rings is 2. The summed E-state index contributed by atoms with van der Waals surface area (Å²) in [6.45, 7) is 0.215. The predicted octanol–water partition coefficient (Wildman–Crippen LogP) is 3.82. The summed E-state index contributed by atoms with van der Waals surface area (Å²) in [5.41, 5.74) is 0.986. The maximum atomic E-state index is 13.2. The number of anilines is 1. The Balaban J connectivity index is 1.63. The van der Waals surface area contributed by atoms with Crippen LogP contribution in [0.1, 0.15) is 12.8 Å². The van der Waals surface area contributed by atoms with Gasteiger partial charge in [-0.15, -0.1) is 0 Å². The van der Waals surface area contributed by atoms with Gasteiger partial charge in [0.2, 0.25) is 15.9 Å². The normalized spacial score (nSPS) is 17.5. The van der Waals surface area contributed by atoms with Gasteiger partial charge in [0.15, 0.2) is 0 Å². The predicted molar refractivity (Wildman–Crippen MR) is 109 cm³/mol. The summed E-state index contributed by atoms with van der Waals surface area (Å²) in [5.74, 6) is -0.984. The number of nitrogens with zero attached hydrogens (tertiary/aromatic N) is 2. The summed E-state index contributed by atoms with van der Waals surface area (Å²) in [6.07, 6.45) is 2.54. The molecule has 6 nitrogen and oxygen atoms in total. The van der Waals surface area contributed by atoms with E-state index in [0.29, 0.717) is 29.1 Å². The fourth-order valence-corrected chi connectivity index (χ4v) is 5.38. The van der Waals surface area contributed by atoms with Crippen molar-refractivity contribution in [3.63, 3.8) is 0 Å². The van der Waals surface area contributed by atoms with Gasteiger partial charge in [0.1, 0.15) is 11.9 Å². The lowest BCUT2D eigenvalue weighted by atomic mass is 10.1. The highest BCUT2D eigenvalue weighted by molar-refractivity contribution is 7.89. The minimum atomic E-state index is -3.93. The molecule has 0 radical (unpaired) electrons. The van der Waals surface area contributed by atoms with Gasteiger partial charge in [-0.1, -0.05) is 17.7 Å². The standard InChI is InChI=1S/C20H17ClFN3O3S/c21-14-11-13-3-1-9-23-19(13)17(12-14)24-20(26)18-4-2-10-25(18)29(27,28)16-7-5-15(22)6-8-16/h1,3,5-9,11-12,18H,2,4,10H2,(H,24,26)/t18-/m0/s1. The molecule has 1 atom stereocenters. The first-order valence-corrected chi connectivity index (χ1v) is 10.8. The van der Waals surface area contributed by atoms with Crippen LogP contribution in [-0.2, 0) is 14.8 Å². The lowest BCUT2D eigenvalue weighted by Crippen LogP contribution is -2.43. The fraction of sp³-hybridized carbons (Fsp3) is 0.200. The van der Waals surface area contributed by atoms with Crippen molar-refractivity contribution in [2.75, 3.05) is 11.9 Å². The average molecular weight is 434 g/mol. The molecule has 1 amide bonds. The van der Waals surface area contributed by atoms with Gasteiger partial charge in [-0.25, -0.2) is 12.8 Å². The zero-order valence-electron chi connectivity index (χ0n) is 15.2. The monoisotopic (exact) mass is 433 g/mol. The third-order valence-electron chi connectivity index (χ3n) is 4.85. The first-order valence-electron chi connectivity index (χ1n) is 8.99. The lowest BCUT2D eigenvalue weighted by Gasteiger charge is -2.23. The van der Waals surface area contributed by atoms with E-state index in [2.05, 4.69) is 10.3 Å². The first-order chi connectivity index (χ1) is 13.9. The second-order valence-corrected chi connectivity index (χ2v) is 9.07. The fourth-order valence-electron chi connectivity index (χ4n) is 3.50. The van der Waals surface area contributed by atoms with Gasteiger partial charge in [0.25, 0.3) is 0 Å². The molecule has 0 bridgehead atoms. The molecule has 1 saturated heterocycles. The highest BCUT2D eigenvalue weighted by Crippen LogP contribution is 2.30. The number of sulfonamides is 1. The van der Waals surface area contributed by atoms with E-state index in [-0.39, 0.29) is 11.4 Å². The number of carbonyl (C=O) groups excluding carboxylic acids is 1. The number of rotatable bonds is 4. The smallest absolute Gasteiger partial charge is 0.243 e. The van der Waals surface area contributed by atoms with Crippen LogP contribution in [0, 0.1) is 5.82 Å². The Morgan fingerprint density at radius 1 is 1.21 bits per heavy atom. The third kappa shape index (κ3) is 3.83. The topological polar surface area (TPSA) is 79.4 Å². The Kier molecular flexibility index (Phi) is 5.24. The van der Waals surface area contributed by atoms with E-state index >= 15 is 0 Å². The number of nitrogens with one attached hydrogen (secondary N) is 1. The van der Waals surface area contributed by atoms with E-state index in [1.54, 1.807) is 24.4 Å². The van der Waals surface area contributed by atoms with Gasteiger partial charge in [0, 0.05) is 23.2 Å². The van der Waals surface area contributed by atoms with Crippen LogP contribution >= 0.6 is 11.6 Å². The van der Waals surface area contributed by atoms with Crippen LogP contribution in [0.15, 0.2) is 59.6 Å². The summed E-state index contributed by atoms with van der Waals surface area (Å²) in [4.78, 5) is 17.2. The Labute approximate surface area is 172 Å². The highest BCUT2D eigenvalue weighted by Gasteiger charge is 2.39. The highest BCUT2D eigenvalue weighted by atomic mass is 35.5. The molecule has 1 N–H and O–H groups in total. The summed E-state index contributed by atoms with van der Waals surface area (Å²) in [6, 6.07) is 10.6. The maximum Gasteiger partial charge on any atom is 0.243 e. The molecule has 1 aromatic heterocycles. The van der Waals surface area contributed by atoms with Crippen molar-refractivity contribution in [2.45, 2.75) is 23.8 Å². The van der Waals surface area contributed by atoms with Gasteiger partial charge in [-0.2, -0.15) is 4.31 Å². The van der Waals surface area contributed by atoms with Crippen molar-refractivity contribution in [1.29, 1.82) is 0 Å². The largest absolute Gasteiger partial charge is 0.323 e. The second-order valence-electron chi connectivity index (χ2n) is 6.75. The molecule has 2 heterocycles. The second kappa shape index (κ2) is 7.70. The van der Waals surface area contributed by atoms with Crippen molar-refractivity contribution in [2.24, 2.45) is 0 Å². The number of hydrogen-bond acceptors (Lipinski definition) is 4. The van der Waals surface area contributed by atoms with E-state index < -0.39 is 27.8 Å². The van der Waals surface area contributed by atoms with Crippen LogP contribution in [0.5, 0.6) is 0 Å². The van der Waals surface area contributed by atoms with Gasteiger partial charge >= 0.3 is 0 Å². The van der Waals surface area contributed by atoms with Crippen molar-refractivity contribution in [3.05, 3.63) is 65.6 Å². The van der Waals surface area contributed by atoms with E-state index in [4.69, 9.17) is 11.6 Å². The Morgan fingerprint density at radius 3 is 2.72 bits per heavy atom. The quantitative estimate of drug-likeness (QED) is 0.678. The zero-order valence-corrected chi connectivity index (χ0v) is 16.8. The molecule has 4 rings (SSSR count). The molecule has 0 aliphatic carbocycles. The van der Waals surface area contributed by atoms with Gasteiger partial charge in [-0.05, 0) is 55.3 Å². The SMILES string of the molecule is O=C(Nc1cc(Cl)cc2cccnc12)[C@@H]1CCCN1S(=O)(=O)c1ccc(F)cc1. The maximum absolute atomic E-state index is 13.2. The molecular formula is C20H17ClFN3O3S. The molecule has 0 spiro atoms. The van der Waals surface area contributed by atoms with E-state index in [9.17, 15) is 17.6 Å². The van der Waals surface area contributed by atoms with Crippen LogP contribution in [0.2, 0.25) is 5.02 Å². The molecule has 1 aliphatic rings. The Hall–Kier alpha value is -2.55. The molecule has 29 heavy (non-hydrogen) atoms. The van der Waals surface area contributed by atoms with Crippen LogP contribution in [0.4, 0.5) is 10.1 Å². The number of fused-ring (bicyclic) bond motifs is 1. The van der Waals surface area contributed by atoms with Crippen molar-refractivity contribution >= 4 is 44.1 Å². The van der Waals surface area contributed by atoms with Gasteiger partial charge in [0.05, 0.1) is 16.1 Å². The molecule has 9 heteroatoms. The number of hydrogen-bond donors (Lipinski definition) is 1.